The normalized spacial score (nSPS) is 23.2. The van der Waals surface area contributed by atoms with Gasteiger partial charge in [0.1, 0.15) is 5.75 Å². The Kier molecular flexibility index (Phi) is 5.75. The summed E-state index contributed by atoms with van der Waals surface area (Å²) in [7, 11) is 0. The molecule has 20 heavy (non-hydrogen) atoms. The smallest absolute Gasteiger partial charge is 0.120 e. The number of hydrogen-bond acceptors (Lipinski definition) is 4. The molecule has 1 aliphatic rings. The van der Waals surface area contributed by atoms with E-state index in [-0.39, 0.29) is 0 Å². The minimum Gasteiger partial charge on any atom is -0.494 e. The van der Waals surface area contributed by atoms with Gasteiger partial charge in [0, 0.05) is 30.1 Å². The van der Waals surface area contributed by atoms with Crippen molar-refractivity contribution in [3.63, 3.8) is 0 Å². The van der Waals surface area contributed by atoms with Crippen molar-refractivity contribution in [1.29, 1.82) is 5.26 Å². The van der Waals surface area contributed by atoms with Crippen molar-refractivity contribution in [2.24, 2.45) is 0 Å². The highest BCUT2D eigenvalue weighted by Crippen LogP contribution is 2.24. The molecule has 0 spiro atoms. The third-order valence-corrected chi connectivity index (χ3v) is 4.57. The fourth-order valence-corrected chi connectivity index (χ4v) is 3.99. The first-order valence-electron chi connectivity index (χ1n) is 7.18. The highest BCUT2D eigenvalue weighted by Gasteiger charge is 2.21. The van der Waals surface area contributed by atoms with Crippen molar-refractivity contribution in [1.82, 2.24) is 4.90 Å². The van der Waals surface area contributed by atoms with Gasteiger partial charge in [-0.05, 0) is 24.6 Å². The SMILES string of the molecule is CC1CN(CCCOc2cccc(C#N)c2)CC(C)S1. The number of benzene rings is 1. The van der Waals surface area contributed by atoms with Crippen molar-refractivity contribution >= 4 is 11.8 Å². The number of nitrogens with zero attached hydrogens (tertiary/aromatic N) is 2. The van der Waals surface area contributed by atoms with E-state index in [0.717, 1.165) is 29.2 Å². The van der Waals surface area contributed by atoms with Crippen molar-refractivity contribution in [2.45, 2.75) is 30.8 Å². The van der Waals surface area contributed by atoms with E-state index < -0.39 is 0 Å². The van der Waals surface area contributed by atoms with Gasteiger partial charge in [0.05, 0.1) is 18.2 Å². The Hall–Kier alpha value is -1.18. The maximum Gasteiger partial charge on any atom is 0.120 e. The summed E-state index contributed by atoms with van der Waals surface area (Å²) >= 11 is 2.08. The van der Waals surface area contributed by atoms with E-state index in [1.165, 1.54) is 13.1 Å². The fourth-order valence-electron chi connectivity index (χ4n) is 2.60. The molecule has 1 aromatic rings. The van der Waals surface area contributed by atoms with Crippen LogP contribution in [0.15, 0.2) is 24.3 Å². The van der Waals surface area contributed by atoms with E-state index in [1.54, 1.807) is 12.1 Å². The lowest BCUT2D eigenvalue weighted by atomic mass is 10.2. The zero-order valence-corrected chi connectivity index (χ0v) is 13.0. The summed E-state index contributed by atoms with van der Waals surface area (Å²) in [5.41, 5.74) is 0.651. The molecule has 1 fully saturated rings. The molecule has 108 valence electrons. The van der Waals surface area contributed by atoms with Gasteiger partial charge in [0.15, 0.2) is 0 Å². The lowest BCUT2D eigenvalue weighted by Crippen LogP contribution is -2.41. The Morgan fingerprint density at radius 1 is 1.35 bits per heavy atom. The monoisotopic (exact) mass is 290 g/mol. The van der Waals surface area contributed by atoms with Gasteiger partial charge in [-0.25, -0.2) is 0 Å². The van der Waals surface area contributed by atoms with E-state index in [2.05, 4.69) is 36.6 Å². The zero-order chi connectivity index (χ0) is 14.4. The van der Waals surface area contributed by atoms with Crippen LogP contribution in [0, 0.1) is 11.3 Å². The van der Waals surface area contributed by atoms with Crippen molar-refractivity contribution in [2.75, 3.05) is 26.2 Å². The maximum absolute atomic E-state index is 8.84. The standard InChI is InChI=1S/C16H22N2OS/c1-13-11-18(12-14(2)20-13)7-4-8-19-16-6-3-5-15(9-16)10-17/h3,5-6,9,13-14H,4,7-8,11-12H2,1-2H3. The molecule has 1 heterocycles. The van der Waals surface area contributed by atoms with Gasteiger partial charge in [-0.2, -0.15) is 17.0 Å². The predicted octanol–water partition coefficient (Wildman–Crippen LogP) is 3.15. The average molecular weight is 290 g/mol. The van der Waals surface area contributed by atoms with Gasteiger partial charge in [-0.15, -0.1) is 0 Å². The Morgan fingerprint density at radius 2 is 2.10 bits per heavy atom. The summed E-state index contributed by atoms with van der Waals surface area (Å²) in [5.74, 6) is 0.792. The fraction of sp³-hybridized carbons (Fsp3) is 0.562. The molecule has 2 unspecified atom stereocenters. The Balaban J connectivity index is 1.70. The molecule has 1 aliphatic heterocycles. The van der Waals surface area contributed by atoms with Crippen LogP contribution in [-0.4, -0.2) is 41.6 Å². The van der Waals surface area contributed by atoms with Crippen molar-refractivity contribution in [3.05, 3.63) is 29.8 Å². The summed E-state index contributed by atoms with van der Waals surface area (Å²) in [6.45, 7) is 8.76. The molecule has 0 bridgehead atoms. The molecule has 0 N–H and O–H groups in total. The summed E-state index contributed by atoms with van der Waals surface area (Å²) < 4.78 is 5.71. The molecule has 1 saturated heterocycles. The Labute approximate surface area is 125 Å². The lowest BCUT2D eigenvalue weighted by Gasteiger charge is -2.34. The van der Waals surface area contributed by atoms with Crippen LogP contribution in [0.25, 0.3) is 0 Å². The number of nitriles is 1. The van der Waals surface area contributed by atoms with Gasteiger partial charge < -0.3 is 9.64 Å². The molecule has 0 aliphatic carbocycles. The highest BCUT2D eigenvalue weighted by atomic mass is 32.2. The van der Waals surface area contributed by atoms with Crippen LogP contribution in [0.5, 0.6) is 5.75 Å². The molecule has 3 nitrogen and oxygen atoms in total. The zero-order valence-electron chi connectivity index (χ0n) is 12.2. The van der Waals surface area contributed by atoms with E-state index in [9.17, 15) is 0 Å². The van der Waals surface area contributed by atoms with E-state index in [0.29, 0.717) is 12.2 Å². The summed E-state index contributed by atoms with van der Waals surface area (Å²) in [6, 6.07) is 9.48. The number of ether oxygens (including phenoxy) is 1. The molecular formula is C16H22N2OS. The summed E-state index contributed by atoms with van der Waals surface area (Å²) in [6.07, 6.45) is 1.03. The second-order valence-electron chi connectivity index (χ2n) is 5.36. The first-order chi connectivity index (χ1) is 9.67. The van der Waals surface area contributed by atoms with Gasteiger partial charge >= 0.3 is 0 Å². The van der Waals surface area contributed by atoms with E-state index >= 15 is 0 Å². The molecule has 0 aromatic heterocycles. The number of rotatable bonds is 5. The van der Waals surface area contributed by atoms with Crippen LogP contribution in [0.3, 0.4) is 0 Å². The quantitative estimate of drug-likeness (QED) is 0.781. The average Bonchev–Trinajstić information content (AvgIpc) is 2.43. The molecule has 2 rings (SSSR count). The van der Waals surface area contributed by atoms with Crippen molar-refractivity contribution in [3.8, 4) is 11.8 Å². The van der Waals surface area contributed by atoms with Gasteiger partial charge in [-0.3, -0.25) is 0 Å². The molecule has 2 atom stereocenters. The maximum atomic E-state index is 8.84. The molecule has 1 aromatic carbocycles. The minimum atomic E-state index is 0.651. The van der Waals surface area contributed by atoms with Crippen LogP contribution >= 0.6 is 11.8 Å². The number of hydrogen-bond donors (Lipinski definition) is 0. The van der Waals surface area contributed by atoms with Crippen LogP contribution in [0.2, 0.25) is 0 Å². The highest BCUT2D eigenvalue weighted by molar-refractivity contribution is 8.00. The molecule has 0 radical (unpaired) electrons. The third kappa shape index (κ3) is 4.73. The van der Waals surface area contributed by atoms with Gasteiger partial charge in [0.2, 0.25) is 0 Å². The van der Waals surface area contributed by atoms with Crippen LogP contribution < -0.4 is 4.74 Å². The molecule has 0 saturated carbocycles. The summed E-state index contributed by atoms with van der Waals surface area (Å²) in [4.78, 5) is 2.53. The molecule has 4 heteroatoms. The Morgan fingerprint density at radius 3 is 2.80 bits per heavy atom. The first kappa shape index (κ1) is 15.2. The van der Waals surface area contributed by atoms with Crippen LogP contribution in [-0.2, 0) is 0 Å². The predicted molar refractivity (Wildman–Crippen MR) is 84.2 cm³/mol. The lowest BCUT2D eigenvalue weighted by molar-refractivity contribution is 0.232. The minimum absolute atomic E-state index is 0.651. The van der Waals surface area contributed by atoms with Crippen LogP contribution in [0.1, 0.15) is 25.8 Å². The summed E-state index contributed by atoms with van der Waals surface area (Å²) in [5, 5.41) is 10.3. The second kappa shape index (κ2) is 7.56. The topological polar surface area (TPSA) is 36.3 Å². The molecule has 0 amide bonds. The Bertz CT molecular complexity index is 462. The number of thioether (sulfide) groups is 1. The first-order valence-corrected chi connectivity index (χ1v) is 8.12. The van der Waals surface area contributed by atoms with Gasteiger partial charge in [-0.1, -0.05) is 19.9 Å². The van der Waals surface area contributed by atoms with Crippen molar-refractivity contribution < 1.29 is 4.74 Å². The van der Waals surface area contributed by atoms with Crippen LogP contribution in [0.4, 0.5) is 0 Å². The molecular weight excluding hydrogens is 268 g/mol. The third-order valence-electron chi connectivity index (χ3n) is 3.35. The van der Waals surface area contributed by atoms with E-state index in [4.69, 9.17) is 10.00 Å². The van der Waals surface area contributed by atoms with E-state index in [1.807, 2.05) is 12.1 Å². The largest absolute Gasteiger partial charge is 0.494 e. The van der Waals surface area contributed by atoms with Gasteiger partial charge in [0.25, 0.3) is 0 Å². The second-order valence-corrected chi connectivity index (χ2v) is 7.24.